The Hall–Kier alpha value is -2.38. The minimum absolute atomic E-state index is 0.0369. The first kappa shape index (κ1) is 20.9. The monoisotopic (exact) mass is 409 g/mol. The molecular formula is C19H20ClNO5S. The lowest BCUT2D eigenvalue weighted by molar-refractivity contribution is -0.153. The van der Waals surface area contributed by atoms with E-state index in [-0.39, 0.29) is 18.6 Å². The van der Waals surface area contributed by atoms with Crippen molar-refractivity contribution in [3.8, 4) is 5.75 Å². The lowest BCUT2D eigenvalue weighted by Gasteiger charge is -2.15. The normalized spacial score (nSPS) is 11.6. The van der Waals surface area contributed by atoms with Gasteiger partial charge in [-0.05, 0) is 44.2 Å². The summed E-state index contributed by atoms with van der Waals surface area (Å²) in [5.41, 5.74) is 0.376. The van der Waals surface area contributed by atoms with Crippen molar-refractivity contribution in [2.45, 2.75) is 32.8 Å². The molecule has 0 aliphatic carbocycles. The Morgan fingerprint density at radius 1 is 1.19 bits per heavy atom. The van der Waals surface area contributed by atoms with Crippen LogP contribution in [0.3, 0.4) is 0 Å². The van der Waals surface area contributed by atoms with Gasteiger partial charge in [0.15, 0.2) is 11.9 Å². The molecule has 1 amide bonds. The summed E-state index contributed by atoms with van der Waals surface area (Å²) in [6.45, 7) is 3.36. The van der Waals surface area contributed by atoms with Crippen molar-refractivity contribution in [1.82, 2.24) is 0 Å². The Balaban J connectivity index is 1.85. The molecule has 0 saturated heterocycles. The lowest BCUT2D eigenvalue weighted by Crippen LogP contribution is -2.30. The quantitative estimate of drug-likeness (QED) is 0.520. The molecule has 1 heterocycles. The van der Waals surface area contributed by atoms with Gasteiger partial charge in [0.1, 0.15) is 5.75 Å². The number of rotatable bonds is 8. The fourth-order valence-corrected chi connectivity index (χ4v) is 3.25. The van der Waals surface area contributed by atoms with E-state index in [1.807, 2.05) is 13.0 Å². The van der Waals surface area contributed by atoms with Gasteiger partial charge in [0.2, 0.25) is 0 Å². The lowest BCUT2D eigenvalue weighted by atomic mass is 10.2. The number of Topliss-reactive ketones (excluding diaryl/α,β-unsaturated/α-hetero) is 1. The second-order valence-electron chi connectivity index (χ2n) is 5.80. The van der Waals surface area contributed by atoms with Gasteiger partial charge in [0.25, 0.3) is 5.91 Å². The Morgan fingerprint density at radius 2 is 1.93 bits per heavy atom. The van der Waals surface area contributed by atoms with Gasteiger partial charge in [-0.15, -0.1) is 11.3 Å². The Kier molecular flexibility index (Phi) is 7.38. The van der Waals surface area contributed by atoms with Crippen LogP contribution < -0.4 is 10.1 Å². The summed E-state index contributed by atoms with van der Waals surface area (Å²) >= 11 is 7.30. The van der Waals surface area contributed by atoms with Gasteiger partial charge >= 0.3 is 5.97 Å². The summed E-state index contributed by atoms with van der Waals surface area (Å²) < 4.78 is 10.3. The van der Waals surface area contributed by atoms with Gasteiger partial charge in [-0.25, -0.2) is 0 Å². The first-order chi connectivity index (χ1) is 12.8. The number of ether oxygens (including phenoxy) is 2. The maximum Gasteiger partial charge on any atom is 0.307 e. The predicted molar refractivity (Wildman–Crippen MR) is 105 cm³/mol. The number of hydrogen-bond acceptors (Lipinski definition) is 6. The van der Waals surface area contributed by atoms with Crippen LogP contribution in [0.4, 0.5) is 5.69 Å². The van der Waals surface area contributed by atoms with Crippen molar-refractivity contribution < 1.29 is 23.9 Å². The van der Waals surface area contributed by atoms with Crippen LogP contribution in [0, 0.1) is 6.92 Å². The Labute approximate surface area is 166 Å². The van der Waals surface area contributed by atoms with Gasteiger partial charge < -0.3 is 14.8 Å². The Bertz CT molecular complexity index is 848. The zero-order valence-electron chi connectivity index (χ0n) is 15.2. The maximum absolute atomic E-state index is 12.2. The van der Waals surface area contributed by atoms with Gasteiger partial charge in [-0.1, -0.05) is 11.6 Å². The molecule has 0 aliphatic rings. The van der Waals surface area contributed by atoms with E-state index in [2.05, 4.69) is 5.32 Å². The minimum Gasteiger partial charge on any atom is -0.495 e. The van der Waals surface area contributed by atoms with E-state index < -0.39 is 18.0 Å². The highest BCUT2D eigenvalue weighted by Gasteiger charge is 2.20. The molecule has 0 radical (unpaired) electrons. The zero-order chi connectivity index (χ0) is 20.0. The molecule has 0 saturated carbocycles. The van der Waals surface area contributed by atoms with E-state index >= 15 is 0 Å². The number of nitrogens with one attached hydrogen (secondary N) is 1. The van der Waals surface area contributed by atoms with E-state index in [1.54, 1.807) is 18.2 Å². The van der Waals surface area contributed by atoms with E-state index in [1.165, 1.54) is 31.4 Å². The summed E-state index contributed by atoms with van der Waals surface area (Å²) in [6.07, 6.45) is -1.08. The average molecular weight is 410 g/mol. The number of methoxy groups -OCH3 is 1. The third-order valence-corrected chi connectivity index (χ3v) is 4.95. The van der Waals surface area contributed by atoms with Crippen molar-refractivity contribution in [3.63, 3.8) is 0 Å². The molecule has 2 aromatic rings. The second-order valence-corrected chi connectivity index (χ2v) is 7.52. The number of thiophene rings is 1. The van der Waals surface area contributed by atoms with Crippen molar-refractivity contribution in [1.29, 1.82) is 0 Å². The smallest absolute Gasteiger partial charge is 0.307 e. The summed E-state index contributed by atoms with van der Waals surface area (Å²) in [4.78, 5) is 37.8. The van der Waals surface area contributed by atoms with E-state index in [4.69, 9.17) is 21.1 Å². The molecule has 1 N–H and O–H groups in total. The van der Waals surface area contributed by atoms with Crippen LogP contribution in [0.15, 0.2) is 30.3 Å². The van der Waals surface area contributed by atoms with E-state index in [0.717, 1.165) is 4.88 Å². The van der Waals surface area contributed by atoms with Crippen LogP contribution in [-0.4, -0.2) is 30.9 Å². The number of benzene rings is 1. The SMILES string of the molecule is COc1ccc(Cl)cc1NC(=O)[C@@H](C)OC(=O)CCC(=O)c1ccc(C)s1. The van der Waals surface area contributed by atoms with Gasteiger partial charge in [-0.2, -0.15) is 0 Å². The average Bonchev–Trinajstić information content (AvgIpc) is 3.06. The molecule has 144 valence electrons. The summed E-state index contributed by atoms with van der Waals surface area (Å²) in [6, 6.07) is 8.38. The molecule has 8 heteroatoms. The van der Waals surface area contributed by atoms with Gasteiger partial charge in [0, 0.05) is 16.3 Å². The highest BCUT2D eigenvalue weighted by molar-refractivity contribution is 7.14. The number of anilines is 1. The second kappa shape index (κ2) is 9.53. The predicted octanol–water partition coefficient (Wildman–Crippen LogP) is 4.25. The number of carbonyl (C=O) groups excluding carboxylic acids is 3. The number of amides is 1. The number of ketones is 1. The molecule has 1 aromatic heterocycles. The molecule has 0 aliphatic heterocycles. The fourth-order valence-electron chi connectivity index (χ4n) is 2.25. The van der Waals surface area contributed by atoms with Crippen LogP contribution >= 0.6 is 22.9 Å². The van der Waals surface area contributed by atoms with E-state index in [0.29, 0.717) is 21.3 Å². The summed E-state index contributed by atoms with van der Waals surface area (Å²) in [7, 11) is 1.47. The molecular weight excluding hydrogens is 390 g/mol. The van der Waals surface area contributed by atoms with Crippen LogP contribution in [0.2, 0.25) is 5.02 Å². The molecule has 0 spiro atoms. The maximum atomic E-state index is 12.2. The summed E-state index contributed by atoms with van der Waals surface area (Å²) in [5, 5.41) is 3.04. The molecule has 2 rings (SSSR count). The highest BCUT2D eigenvalue weighted by Crippen LogP contribution is 2.27. The van der Waals surface area contributed by atoms with Crippen molar-refractivity contribution in [2.75, 3.05) is 12.4 Å². The summed E-state index contributed by atoms with van der Waals surface area (Å²) in [5.74, 6) is -0.824. The topological polar surface area (TPSA) is 81.7 Å². The molecule has 1 aromatic carbocycles. The van der Waals surface area contributed by atoms with Crippen molar-refractivity contribution in [2.24, 2.45) is 0 Å². The number of esters is 1. The van der Waals surface area contributed by atoms with Gasteiger partial charge in [-0.3, -0.25) is 14.4 Å². The van der Waals surface area contributed by atoms with Crippen molar-refractivity contribution in [3.05, 3.63) is 45.1 Å². The van der Waals surface area contributed by atoms with Crippen LogP contribution in [0.5, 0.6) is 5.75 Å². The molecule has 0 bridgehead atoms. The molecule has 27 heavy (non-hydrogen) atoms. The largest absolute Gasteiger partial charge is 0.495 e. The fraction of sp³-hybridized carbons (Fsp3) is 0.316. The van der Waals surface area contributed by atoms with Crippen molar-refractivity contribution >= 4 is 46.3 Å². The molecule has 6 nitrogen and oxygen atoms in total. The Morgan fingerprint density at radius 3 is 2.56 bits per heavy atom. The number of halogens is 1. The first-order valence-corrected chi connectivity index (χ1v) is 9.43. The number of carbonyl (C=O) groups is 3. The number of hydrogen-bond donors (Lipinski definition) is 1. The first-order valence-electron chi connectivity index (χ1n) is 8.23. The van der Waals surface area contributed by atoms with Crippen LogP contribution in [0.25, 0.3) is 0 Å². The third kappa shape index (κ3) is 6.08. The van der Waals surface area contributed by atoms with Gasteiger partial charge in [0.05, 0.1) is 24.1 Å². The van der Waals surface area contributed by atoms with Crippen LogP contribution in [-0.2, 0) is 14.3 Å². The minimum atomic E-state index is -1.03. The molecule has 0 unspecified atom stereocenters. The standard InChI is InChI=1S/C19H20ClNO5S/c1-11-4-8-17(27-11)15(22)6-9-18(23)26-12(2)19(24)21-14-10-13(20)5-7-16(14)25-3/h4-5,7-8,10,12H,6,9H2,1-3H3,(H,21,24)/t12-/m1/s1. The van der Waals surface area contributed by atoms with Crippen LogP contribution in [0.1, 0.15) is 34.3 Å². The third-order valence-electron chi connectivity index (χ3n) is 3.67. The molecule has 0 fully saturated rings. The highest BCUT2D eigenvalue weighted by atomic mass is 35.5. The molecule has 1 atom stereocenters. The zero-order valence-corrected chi connectivity index (χ0v) is 16.8. The number of aryl methyl sites for hydroxylation is 1. The van der Waals surface area contributed by atoms with E-state index in [9.17, 15) is 14.4 Å².